The van der Waals surface area contributed by atoms with Crippen molar-refractivity contribution in [2.45, 2.75) is 11.7 Å². The van der Waals surface area contributed by atoms with Crippen LogP contribution in [-0.2, 0) is 6.54 Å². The van der Waals surface area contributed by atoms with Crippen molar-refractivity contribution in [2.24, 2.45) is 0 Å². The summed E-state index contributed by atoms with van der Waals surface area (Å²) < 4.78 is 1.47. The first-order chi connectivity index (χ1) is 6.20. The first kappa shape index (κ1) is 8.77. The number of rotatable bonds is 1. The van der Waals surface area contributed by atoms with Crippen LogP contribution in [0.15, 0.2) is 16.1 Å². The normalized spacial score (nSPS) is 14.2. The van der Waals surface area contributed by atoms with Crippen LogP contribution < -0.4 is 5.56 Å². The van der Waals surface area contributed by atoms with Gasteiger partial charge < -0.3 is 0 Å². The highest BCUT2D eigenvalue weighted by atomic mass is 35.5. The van der Waals surface area contributed by atoms with Crippen LogP contribution in [0.4, 0.5) is 0 Å². The Bertz CT molecular complexity index is 429. The number of carbonyl (C=O) groups is 1. The highest BCUT2D eigenvalue weighted by Gasteiger charge is 2.18. The number of hydrogen-bond acceptors (Lipinski definition) is 4. The van der Waals surface area contributed by atoms with E-state index in [0.717, 1.165) is 5.75 Å². The van der Waals surface area contributed by atoms with E-state index in [-0.39, 0.29) is 11.1 Å². The van der Waals surface area contributed by atoms with Gasteiger partial charge in [-0.05, 0) is 11.6 Å². The van der Waals surface area contributed by atoms with Crippen LogP contribution in [0.1, 0.15) is 10.4 Å². The van der Waals surface area contributed by atoms with Crippen LogP contribution in [0, 0.1) is 0 Å². The van der Waals surface area contributed by atoms with E-state index in [1.807, 2.05) is 0 Å². The van der Waals surface area contributed by atoms with Crippen molar-refractivity contribution in [3.63, 3.8) is 0 Å². The molecule has 1 aromatic heterocycles. The number of carbonyl (C=O) groups excluding carboxylic acids is 1. The maximum Gasteiger partial charge on any atom is 0.266 e. The first-order valence-electron chi connectivity index (χ1n) is 3.62. The molecule has 0 spiro atoms. The van der Waals surface area contributed by atoms with Gasteiger partial charge in [0.1, 0.15) is 5.56 Å². The van der Waals surface area contributed by atoms with E-state index >= 15 is 0 Å². The predicted octanol–water partition coefficient (Wildman–Crippen LogP) is 0.728. The Labute approximate surface area is 82.9 Å². The molecular weight excluding hydrogens is 212 g/mol. The molecule has 4 nitrogen and oxygen atoms in total. The van der Waals surface area contributed by atoms with Crippen molar-refractivity contribution >= 4 is 28.6 Å². The molecule has 1 aromatic rings. The van der Waals surface area contributed by atoms with Gasteiger partial charge >= 0.3 is 0 Å². The van der Waals surface area contributed by atoms with Crippen LogP contribution in [0.2, 0.25) is 0 Å². The predicted molar refractivity (Wildman–Crippen MR) is 49.4 cm³/mol. The van der Waals surface area contributed by atoms with Gasteiger partial charge in [-0.1, -0.05) is 11.8 Å². The van der Waals surface area contributed by atoms with Crippen molar-refractivity contribution < 1.29 is 4.79 Å². The minimum Gasteiger partial charge on any atom is -0.286 e. The molecule has 0 unspecified atom stereocenters. The Hall–Kier alpha value is -0.810. The van der Waals surface area contributed by atoms with Gasteiger partial charge in [0.05, 0.1) is 0 Å². The lowest BCUT2D eigenvalue weighted by molar-refractivity contribution is 0.107. The molecule has 0 N–H and O–H groups in total. The smallest absolute Gasteiger partial charge is 0.266 e. The van der Waals surface area contributed by atoms with E-state index in [9.17, 15) is 9.59 Å². The van der Waals surface area contributed by atoms with E-state index < -0.39 is 5.24 Å². The molecule has 0 saturated carbocycles. The summed E-state index contributed by atoms with van der Waals surface area (Å²) in [6, 6.07) is 0. The van der Waals surface area contributed by atoms with Gasteiger partial charge in [0.25, 0.3) is 10.8 Å². The van der Waals surface area contributed by atoms with E-state index in [1.165, 1.54) is 22.5 Å². The molecule has 0 bridgehead atoms. The Kier molecular flexibility index (Phi) is 2.13. The summed E-state index contributed by atoms with van der Waals surface area (Å²) in [4.78, 5) is 26.2. The molecule has 6 heteroatoms. The minimum absolute atomic E-state index is 0.0482. The standard InChI is InChI=1S/C7H5ClN2O2S/c8-5(11)4-3-9-7-10(6(4)12)1-2-13-7/h3H,1-2H2. The number of aromatic nitrogens is 2. The number of halogens is 1. The molecule has 2 rings (SSSR count). The Morgan fingerprint density at radius 1 is 1.69 bits per heavy atom. The Balaban J connectivity index is 2.66. The molecule has 68 valence electrons. The molecule has 0 aliphatic carbocycles. The fraction of sp³-hybridized carbons (Fsp3) is 0.286. The molecule has 1 aliphatic rings. The number of nitrogens with zero attached hydrogens (tertiary/aromatic N) is 2. The highest BCUT2D eigenvalue weighted by molar-refractivity contribution is 7.99. The largest absolute Gasteiger partial charge is 0.286 e. The lowest BCUT2D eigenvalue weighted by Gasteiger charge is -2.00. The lowest BCUT2D eigenvalue weighted by Crippen LogP contribution is -2.25. The zero-order valence-electron chi connectivity index (χ0n) is 6.49. The fourth-order valence-corrected chi connectivity index (χ4v) is 2.20. The SMILES string of the molecule is O=C(Cl)c1cnc2n(c1=O)CCS2. The van der Waals surface area contributed by atoms with Crippen molar-refractivity contribution in [2.75, 3.05) is 5.75 Å². The van der Waals surface area contributed by atoms with E-state index in [2.05, 4.69) is 4.98 Å². The summed E-state index contributed by atoms with van der Waals surface area (Å²) in [7, 11) is 0. The number of hydrogen-bond donors (Lipinski definition) is 0. The third kappa shape index (κ3) is 1.38. The van der Waals surface area contributed by atoms with E-state index in [0.29, 0.717) is 11.7 Å². The van der Waals surface area contributed by atoms with Gasteiger partial charge in [-0.15, -0.1) is 0 Å². The molecule has 0 atom stereocenters. The van der Waals surface area contributed by atoms with Crippen molar-refractivity contribution in [3.8, 4) is 0 Å². The summed E-state index contributed by atoms with van der Waals surface area (Å²) in [5.41, 5.74) is -0.386. The summed E-state index contributed by atoms with van der Waals surface area (Å²) in [5, 5.41) is -0.0867. The quantitative estimate of drug-likeness (QED) is 0.513. The van der Waals surface area contributed by atoms with Crippen LogP contribution >= 0.6 is 23.4 Å². The second kappa shape index (κ2) is 3.16. The van der Waals surface area contributed by atoms with Gasteiger partial charge in [-0.2, -0.15) is 0 Å². The summed E-state index contributed by atoms with van der Waals surface area (Å²) >= 11 is 6.71. The average molecular weight is 217 g/mol. The van der Waals surface area contributed by atoms with Crippen molar-refractivity contribution in [1.82, 2.24) is 9.55 Å². The zero-order valence-corrected chi connectivity index (χ0v) is 8.06. The molecule has 0 aromatic carbocycles. The van der Waals surface area contributed by atoms with Crippen LogP contribution in [0.5, 0.6) is 0 Å². The molecule has 0 fully saturated rings. The summed E-state index contributed by atoms with van der Waals surface area (Å²) in [5.74, 6) is 0.822. The fourth-order valence-electron chi connectivity index (χ4n) is 1.15. The van der Waals surface area contributed by atoms with Crippen molar-refractivity contribution in [3.05, 3.63) is 22.1 Å². The van der Waals surface area contributed by atoms with Crippen LogP contribution in [0.25, 0.3) is 0 Å². The lowest BCUT2D eigenvalue weighted by atomic mass is 10.4. The third-order valence-corrected chi connectivity index (χ3v) is 2.94. The van der Waals surface area contributed by atoms with Crippen LogP contribution in [-0.4, -0.2) is 20.5 Å². The highest BCUT2D eigenvalue weighted by Crippen LogP contribution is 2.20. The third-order valence-electron chi connectivity index (χ3n) is 1.77. The molecule has 2 heterocycles. The van der Waals surface area contributed by atoms with E-state index in [1.54, 1.807) is 0 Å². The number of fused-ring (bicyclic) bond motifs is 1. The monoisotopic (exact) mass is 216 g/mol. The summed E-state index contributed by atoms with van der Waals surface area (Å²) in [6.45, 7) is 0.601. The molecule has 0 radical (unpaired) electrons. The van der Waals surface area contributed by atoms with Gasteiger partial charge in [0, 0.05) is 18.5 Å². The molecule has 13 heavy (non-hydrogen) atoms. The molecule has 0 saturated heterocycles. The zero-order chi connectivity index (χ0) is 9.42. The maximum absolute atomic E-state index is 11.5. The van der Waals surface area contributed by atoms with Gasteiger partial charge in [0.15, 0.2) is 5.16 Å². The second-order valence-electron chi connectivity index (χ2n) is 2.53. The van der Waals surface area contributed by atoms with Gasteiger partial charge in [0.2, 0.25) is 0 Å². The summed E-state index contributed by atoms with van der Waals surface area (Å²) in [6.07, 6.45) is 1.24. The van der Waals surface area contributed by atoms with Gasteiger partial charge in [-0.25, -0.2) is 4.98 Å². The minimum atomic E-state index is -0.746. The first-order valence-corrected chi connectivity index (χ1v) is 4.99. The topological polar surface area (TPSA) is 52.0 Å². The molecular formula is C7H5ClN2O2S. The second-order valence-corrected chi connectivity index (χ2v) is 3.94. The Morgan fingerprint density at radius 3 is 3.15 bits per heavy atom. The molecule has 1 aliphatic heterocycles. The average Bonchev–Trinajstić information content (AvgIpc) is 2.52. The van der Waals surface area contributed by atoms with Crippen LogP contribution in [0.3, 0.4) is 0 Å². The number of thioether (sulfide) groups is 1. The van der Waals surface area contributed by atoms with Crippen molar-refractivity contribution in [1.29, 1.82) is 0 Å². The van der Waals surface area contributed by atoms with E-state index in [4.69, 9.17) is 11.6 Å². The molecule has 0 amide bonds. The van der Waals surface area contributed by atoms with Gasteiger partial charge in [-0.3, -0.25) is 14.2 Å². The maximum atomic E-state index is 11.5. The Morgan fingerprint density at radius 2 is 2.46 bits per heavy atom.